The second-order valence-corrected chi connectivity index (χ2v) is 11.8. The van der Waals surface area contributed by atoms with Gasteiger partial charge in [0.25, 0.3) is 0 Å². The molecule has 0 radical (unpaired) electrons. The number of nitrogens with zero attached hydrogens (tertiary/aromatic N) is 2. The molecule has 8 nitrogen and oxygen atoms in total. The zero-order valence-electron chi connectivity index (χ0n) is 23.2. The van der Waals surface area contributed by atoms with E-state index in [1.807, 2.05) is 44.2 Å². The van der Waals surface area contributed by atoms with Gasteiger partial charge < -0.3 is 15.0 Å². The van der Waals surface area contributed by atoms with Crippen LogP contribution in [0, 0.1) is 11.7 Å². The summed E-state index contributed by atoms with van der Waals surface area (Å²) in [6, 6.07) is 20.7. The molecular weight excluding hydrogens is 533 g/mol. The lowest BCUT2D eigenvalue weighted by atomic mass is 10.0. The summed E-state index contributed by atoms with van der Waals surface area (Å²) < 4.78 is 46.3. The molecule has 10 heteroatoms. The number of carbonyl (C=O) groups excluding carboxylic acids is 2. The number of para-hydroxylation sites is 1. The normalized spacial score (nSPS) is 12.1. The van der Waals surface area contributed by atoms with Crippen LogP contribution >= 0.6 is 0 Å². The van der Waals surface area contributed by atoms with Crippen molar-refractivity contribution >= 4 is 27.5 Å². The first-order valence-electron chi connectivity index (χ1n) is 13.0. The summed E-state index contributed by atoms with van der Waals surface area (Å²) in [4.78, 5) is 29.0. The zero-order chi connectivity index (χ0) is 29.3. The van der Waals surface area contributed by atoms with Crippen molar-refractivity contribution in [3.05, 3.63) is 95.8 Å². The molecule has 0 aliphatic carbocycles. The Morgan fingerprint density at radius 3 is 2.23 bits per heavy atom. The topological polar surface area (TPSA) is 96.0 Å². The van der Waals surface area contributed by atoms with E-state index in [1.54, 1.807) is 24.3 Å². The molecule has 214 valence electrons. The van der Waals surface area contributed by atoms with E-state index in [0.29, 0.717) is 17.9 Å². The number of hydrogen-bond donors (Lipinski definition) is 1. The van der Waals surface area contributed by atoms with Gasteiger partial charge in [0.15, 0.2) is 0 Å². The van der Waals surface area contributed by atoms with Crippen molar-refractivity contribution in [1.82, 2.24) is 10.2 Å². The largest absolute Gasteiger partial charge is 0.497 e. The molecule has 1 N–H and O–H groups in total. The van der Waals surface area contributed by atoms with Crippen LogP contribution < -0.4 is 14.4 Å². The highest BCUT2D eigenvalue weighted by atomic mass is 32.2. The first-order chi connectivity index (χ1) is 19.0. The highest BCUT2D eigenvalue weighted by Crippen LogP contribution is 2.23. The Morgan fingerprint density at radius 1 is 0.950 bits per heavy atom. The summed E-state index contributed by atoms with van der Waals surface area (Å²) in [7, 11) is -2.53. The molecule has 0 fully saturated rings. The van der Waals surface area contributed by atoms with Gasteiger partial charge >= 0.3 is 0 Å². The van der Waals surface area contributed by atoms with Crippen molar-refractivity contribution in [3.8, 4) is 5.75 Å². The number of halogens is 1. The summed E-state index contributed by atoms with van der Waals surface area (Å²) >= 11 is 0. The van der Waals surface area contributed by atoms with E-state index < -0.39 is 34.3 Å². The van der Waals surface area contributed by atoms with Gasteiger partial charge in [-0.05, 0) is 41.3 Å². The zero-order valence-corrected chi connectivity index (χ0v) is 24.0. The molecule has 0 saturated carbocycles. The minimum Gasteiger partial charge on any atom is -0.497 e. The molecule has 2 amide bonds. The number of ether oxygens (including phenoxy) is 1. The predicted molar refractivity (Wildman–Crippen MR) is 154 cm³/mol. The van der Waals surface area contributed by atoms with Gasteiger partial charge in [-0.1, -0.05) is 68.4 Å². The third kappa shape index (κ3) is 8.54. The Labute approximate surface area is 235 Å². The van der Waals surface area contributed by atoms with Gasteiger partial charge in [0.05, 0.1) is 19.1 Å². The van der Waals surface area contributed by atoms with Crippen molar-refractivity contribution < 1.29 is 27.1 Å². The molecule has 0 aliphatic rings. The Morgan fingerprint density at radius 2 is 1.60 bits per heavy atom. The second-order valence-electron chi connectivity index (χ2n) is 9.94. The number of amides is 2. The second kappa shape index (κ2) is 13.9. The molecule has 0 bridgehead atoms. The van der Waals surface area contributed by atoms with E-state index in [-0.39, 0.29) is 30.5 Å². The Kier molecular flexibility index (Phi) is 10.7. The molecule has 0 aromatic heterocycles. The number of hydrogen-bond acceptors (Lipinski definition) is 5. The summed E-state index contributed by atoms with van der Waals surface area (Å²) in [5.41, 5.74) is 1.26. The molecule has 0 spiro atoms. The molecule has 3 aromatic carbocycles. The Hall–Kier alpha value is -3.92. The summed E-state index contributed by atoms with van der Waals surface area (Å²) in [6.45, 7) is 3.63. The predicted octanol–water partition coefficient (Wildman–Crippen LogP) is 4.01. The number of benzene rings is 3. The molecule has 3 aromatic rings. The SMILES string of the molecule is COc1cccc(CN(C(=O)CN(c2ccccc2F)S(C)(=O)=O)[C@H](Cc2ccccc2)C(=O)NCC(C)C)c1. The molecule has 3 rings (SSSR count). The highest BCUT2D eigenvalue weighted by Gasteiger charge is 2.33. The third-order valence-corrected chi connectivity index (χ3v) is 7.37. The average Bonchev–Trinajstić information content (AvgIpc) is 2.92. The monoisotopic (exact) mass is 569 g/mol. The third-order valence-electron chi connectivity index (χ3n) is 6.24. The van der Waals surface area contributed by atoms with Gasteiger partial charge in [-0.3, -0.25) is 13.9 Å². The number of nitrogens with one attached hydrogen (secondary N) is 1. The van der Waals surface area contributed by atoms with E-state index in [4.69, 9.17) is 4.74 Å². The number of sulfonamides is 1. The molecule has 0 saturated heterocycles. The van der Waals surface area contributed by atoms with Gasteiger partial charge in [-0.15, -0.1) is 0 Å². The first-order valence-corrected chi connectivity index (χ1v) is 14.8. The van der Waals surface area contributed by atoms with Crippen LogP contribution in [0.1, 0.15) is 25.0 Å². The first kappa shape index (κ1) is 30.6. The lowest BCUT2D eigenvalue weighted by Gasteiger charge is -2.33. The lowest BCUT2D eigenvalue weighted by molar-refractivity contribution is -0.140. The Bertz CT molecular complexity index is 1400. The van der Waals surface area contributed by atoms with Crippen LogP contribution in [0.5, 0.6) is 5.75 Å². The van der Waals surface area contributed by atoms with Crippen molar-refractivity contribution in [2.45, 2.75) is 32.9 Å². The number of anilines is 1. The van der Waals surface area contributed by atoms with Crippen molar-refractivity contribution in [2.75, 3.05) is 30.8 Å². The standard InChI is InChI=1S/C30H36FN3O5S/c1-22(2)19-32-30(36)28(18-23-11-6-5-7-12-23)33(20-24-13-10-14-25(17-24)39-3)29(35)21-34(40(4,37)38)27-16-9-8-15-26(27)31/h5-17,22,28H,18-21H2,1-4H3,(H,32,36)/t28-/m1/s1. The maximum atomic E-state index is 14.7. The highest BCUT2D eigenvalue weighted by molar-refractivity contribution is 7.92. The smallest absolute Gasteiger partial charge is 0.244 e. The van der Waals surface area contributed by atoms with Crippen molar-refractivity contribution in [3.63, 3.8) is 0 Å². The van der Waals surface area contributed by atoms with E-state index in [0.717, 1.165) is 22.2 Å². The van der Waals surface area contributed by atoms with Gasteiger partial charge in [-0.2, -0.15) is 0 Å². The number of carbonyl (C=O) groups is 2. The van der Waals surface area contributed by atoms with Crippen LogP contribution in [0.15, 0.2) is 78.9 Å². The maximum absolute atomic E-state index is 14.7. The van der Waals surface area contributed by atoms with E-state index >= 15 is 0 Å². The number of rotatable bonds is 13. The number of methoxy groups -OCH3 is 1. The molecule has 0 unspecified atom stereocenters. The van der Waals surface area contributed by atoms with Gasteiger partial charge in [0.2, 0.25) is 21.8 Å². The molecule has 0 aliphatic heterocycles. The van der Waals surface area contributed by atoms with Crippen LogP contribution in [-0.4, -0.2) is 57.6 Å². The lowest BCUT2D eigenvalue weighted by Crippen LogP contribution is -2.53. The molecule has 1 atom stereocenters. The molecule has 0 heterocycles. The fraction of sp³-hybridized carbons (Fsp3) is 0.333. The maximum Gasteiger partial charge on any atom is 0.244 e. The minimum absolute atomic E-state index is 0.00247. The van der Waals surface area contributed by atoms with Gasteiger partial charge in [0, 0.05) is 19.5 Å². The van der Waals surface area contributed by atoms with Crippen LogP contribution in [-0.2, 0) is 32.6 Å². The molecular formula is C30H36FN3O5S. The van der Waals surface area contributed by atoms with Crippen LogP contribution in [0.2, 0.25) is 0 Å². The van der Waals surface area contributed by atoms with Gasteiger partial charge in [0.1, 0.15) is 24.2 Å². The minimum atomic E-state index is -4.05. The van der Waals surface area contributed by atoms with Crippen LogP contribution in [0.4, 0.5) is 10.1 Å². The van der Waals surface area contributed by atoms with Gasteiger partial charge in [-0.25, -0.2) is 12.8 Å². The summed E-state index contributed by atoms with van der Waals surface area (Å²) in [6.07, 6.45) is 1.11. The summed E-state index contributed by atoms with van der Waals surface area (Å²) in [5, 5.41) is 2.92. The summed E-state index contributed by atoms with van der Waals surface area (Å²) in [5.74, 6) is -1.07. The quantitative estimate of drug-likeness (QED) is 0.336. The Balaban J connectivity index is 2.07. The average molecular weight is 570 g/mol. The van der Waals surface area contributed by atoms with E-state index in [9.17, 15) is 22.4 Å². The van der Waals surface area contributed by atoms with E-state index in [1.165, 1.54) is 30.2 Å². The molecule has 40 heavy (non-hydrogen) atoms. The van der Waals surface area contributed by atoms with E-state index in [2.05, 4.69) is 5.32 Å². The van der Waals surface area contributed by atoms with Crippen molar-refractivity contribution in [1.29, 1.82) is 0 Å². The van der Waals surface area contributed by atoms with Crippen molar-refractivity contribution in [2.24, 2.45) is 5.92 Å². The fourth-order valence-electron chi connectivity index (χ4n) is 4.19. The fourth-order valence-corrected chi connectivity index (χ4v) is 5.04. The van der Waals surface area contributed by atoms with Crippen LogP contribution in [0.3, 0.4) is 0 Å². The van der Waals surface area contributed by atoms with Crippen LogP contribution in [0.25, 0.3) is 0 Å².